The summed E-state index contributed by atoms with van der Waals surface area (Å²) < 4.78 is 0. The lowest BCUT2D eigenvalue weighted by Crippen LogP contribution is -2.36. The fourth-order valence-corrected chi connectivity index (χ4v) is 2.53. The number of fused-ring (bicyclic) bond motifs is 1. The minimum atomic E-state index is -0.319. The van der Waals surface area contributed by atoms with Gasteiger partial charge in [-0.3, -0.25) is 0 Å². The molecule has 1 fully saturated rings. The van der Waals surface area contributed by atoms with Crippen LogP contribution in [0.5, 0.6) is 0 Å². The molecule has 0 aromatic carbocycles. The third-order valence-corrected chi connectivity index (χ3v) is 3.57. The zero-order chi connectivity index (χ0) is 13.2. The number of hydrogen-bond donors (Lipinski definition) is 3. The van der Waals surface area contributed by atoms with Crippen molar-refractivity contribution in [1.29, 1.82) is 0 Å². The average molecular weight is 259 g/mol. The normalized spacial score (nSPS) is 23.4. The highest BCUT2D eigenvalue weighted by Gasteiger charge is 2.23. The molecule has 1 aliphatic carbocycles. The van der Waals surface area contributed by atoms with Crippen molar-refractivity contribution in [2.24, 2.45) is 0 Å². The first-order valence-electron chi connectivity index (χ1n) is 6.56. The van der Waals surface area contributed by atoms with Gasteiger partial charge in [-0.2, -0.15) is 0 Å². The number of nitrogens with two attached hydrogens (primary N) is 1. The van der Waals surface area contributed by atoms with Gasteiger partial charge in [-0.1, -0.05) is 12.8 Å². The molecule has 100 valence electrons. The molecule has 2 aromatic heterocycles. The van der Waals surface area contributed by atoms with E-state index >= 15 is 0 Å². The van der Waals surface area contributed by atoms with Crippen LogP contribution in [0.1, 0.15) is 25.7 Å². The molecule has 0 aliphatic heterocycles. The standard InChI is InChI=1S/C13H17N5O/c14-11-6-5-8-12(15-7-16-13(8)18-11)17-9-3-1-2-4-10(9)19/h5-7,9-10,19H,1-4H2,(H3,14,15,16,17,18)/t9-,10-/m0/s1. The summed E-state index contributed by atoms with van der Waals surface area (Å²) in [6.07, 6.45) is 5.15. The van der Waals surface area contributed by atoms with E-state index in [1.807, 2.05) is 6.07 Å². The van der Waals surface area contributed by atoms with Crippen LogP contribution in [0.4, 0.5) is 11.6 Å². The zero-order valence-corrected chi connectivity index (χ0v) is 10.6. The van der Waals surface area contributed by atoms with Gasteiger partial charge in [-0.05, 0) is 25.0 Å². The van der Waals surface area contributed by atoms with Crippen molar-refractivity contribution < 1.29 is 5.11 Å². The van der Waals surface area contributed by atoms with Gasteiger partial charge in [-0.15, -0.1) is 0 Å². The monoisotopic (exact) mass is 259 g/mol. The van der Waals surface area contributed by atoms with Crippen LogP contribution in [-0.2, 0) is 0 Å². The van der Waals surface area contributed by atoms with Gasteiger partial charge in [0.1, 0.15) is 18.0 Å². The van der Waals surface area contributed by atoms with Gasteiger partial charge in [0.15, 0.2) is 5.65 Å². The van der Waals surface area contributed by atoms with E-state index in [9.17, 15) is 5.11 Å². The van der Waals surface area contributed by atoms with Crippen molar-refractivity contribution >= 4 is 22.7 Å². The molecule has 2 atom stereocenters. The van der Waals surface area contributed by atoms with Gasteiger partial charge in [0, 0.05) is 0 Å². The summed E-state index contributed by atoms with van der Waals surface area (Å²) in [5, 5.41) is 14.1. The van der Waals surface area contributed by atoms with Crippen molar-refractivity contribution in [2.45, 2.75) is 37.8 Å². The highest BCUT2D eigenvalue weighted by molar-refractivity contribution is 5.87. The second-order valence-electron chi connectivity index (χ2n) is 4.93. The van der Waals surface area contributed by atoms with Gasteiger partial charge in [-0.25, -0.2) is 15.0 Å². The minimum Gasteiger partial charge on any atom is -0.391 e. The molecule has 0 amide bonds. The second kappa shape index (κ2) is 4.97. The zero-order valence-electron chi connectivity index (χ0n) is 10.6. The van der Waals surface area contributed by atoms with Crippen LogP contribution in [0.3, 0.4) is 0 Å². The van der Waals surface area contributed by atoms with Crippen LogP contribution in [0.15, 0.2) is 18.5 Å². The topological polar surface area (TPSA) is 97.0 Å². The number of nitrogens with zero attached hydrogens (tertiary/aromatic N) is 3. The minimum absolute atomic E-state index is 0.0457. The van der Waals surface area contributed by atoms with Crippen molar-refractivity contribution in [3.63, 3.8) is 0 Å². The van der Waals surface area contributed by atoms with E-state index in [-0.39, 0.29) is 12.1 Å². The predicted molar refractivity (Wildman–Crippen MR) is 73.6 cm³/mol. The van der Waals surface area contributed by atoms with E-state index in [1.54, 1.807) is 6.07 Å². The summed E-state index contributed by atoms with van der Waals surface area (Å²) in [6.45, 7) is 0. The second-order valence-corrected chi connectivity index (χ2v) is 4.93. The number of rotatable bonds is 2. The fourth-order valence-electron chi connectivity index (χ4n) is 2.53. The molecule has 1 aliphatic rings. The largest absolute Gasteiger partial charge is 0.391 e. The number of nitrogen functional groups attached to an aromatic ring is 1. The number of aliphatic hydroxyl groups excluding tert-OH is 1. The Morgan fingerprint density at radius 1 is 1.21 bits per heavy atom. The van der Waals surface area contributed by atoms with Gasteiger partial charge < -0.3 is 16.2 Å². The number of aliphatic hydroxyl groups is 1. The molecular weight excluding hydrogens is 242 g/mol. The van der Waals surface area contributed by atoms with Gasteiger partial charge in [0.2, 0.25) is 0 Å². The first-order chi connectivity index (χ1) is 9.24. The number of anilines is 2. The molecular formula is C13H17N5O. The summed E-state index contributed by atoms with van der Waals surface area (Å²) in [4.78, 5) is 12.5. The smallest absolute Gasteiger partial charge is 0.166 e. The molecule has 0 radical (unpaired) electrons. The Morgan fingerprint density at radius 3 is 2.89 bits per heavy atom. The molecule has 6 heteroatoms. The molecule has 4 N–H and O–H groups in total. The molecule has 2 heterocycles. The van der Waals surface area contributed by atoms with Crippen LogP contribution in [0.2, 0.25) is 0 Å². The number of pyridine rings is 1. The summed E-state index contributed by atoms with van der Waals surface area (Å²) in [5.41, 5.74) is 6.22. The van der Waals surface area contributed by atoms with Crippen molar-refractivity contribution in [3.05, 3.63) is 18.5 Å². The third kappa shape index (κ3) is 2.44. The molecule has 0 unspecified atom stereocenters. The van der Waals surface area contributed by atoms with Crippen LogP contribution >= 0.6 is 0 Å². The van der Waals surface area contributed by atoms with E-state index in [2.05, 4.69) is 20.3 Å². The molecule has 0 bridgehead atoms. The molecule has 3 rings (SSSR count). The Kier molecular flexibility index (Phi) is 3.16. The molecule has 0 spiro atoms. The van der Waals surface area contributed by atoms with Crippen molar-refractivity contribution in [2.75, 3.05) is 11.1 Å². The quantitative estimate of drug-likeness (QED) is 0.752. The highest BCUT2D eigenvalue weighted by Crippen LogP contribution is 2.25. The van der Waals surface area contributed by atoms with Gasteiger partial charge in [0.25, 0.3) is 0 Å². The molecule has 2 aromatic rings. The maximum absolute atomic E-state index is 10.0. The van der Waals surface area contributed by atoms with E-state index in [0.717, 1.165) is 31.1 Å². The number of nitrogens with one attached hydrogen (secondary N) is 1. The highest BCUT2D eigenvalue weighted by atomic mass is 16.3. The first-order valence-corrected chi connectivity index (χ1v) is 6.56. The summed E-state index contributed by atoms with van der Waals surface area (Å²) >= 11 is 0. The Morgan fingerprint density at radius 2 is 2.05 bits per heavy atom. The van der Waals surface area contributed by atoms with Crippen LogP contribution in [0.25, 0.3) is 11.0 Å². The molecule has 6 nitrogen and oxygen atoms in total. The first kappa shape index (κ1) is 12.1. The third-order valence-electron chi connectivity index (χ3n) is 3.57. The van der Waals surface area contributed by atoms with Crippen molar-refractivity contribution in [3.8, 4) is 0 Å². The van der Waals surface area contributed by atoms with Crippen LogP contribution in [-0.4, -0.2) is 32.2 Å². The maximum atomic E-state index is 10.0. The van der Waals surface area contributed by atoms with E-state index in [0.29, 0.717) is 17.3 Å². The average Bonchev–Trinajstić information content (AvgIpc) is 2.41. The van der Waals surface area contributed by atoms with Crippen LogP contribution < -0.4 is 11.1 Å². The summed E-state index contributed by atoms with van der Waals surface area (Å²) in [6, 6.07) is 3.63. The lowest BCUT2D eigenvalue weighted by molar-refractivity contribution is 0.116. The van der Waals surface area contributed by atoms with Gasteiger partial charge in [0.05, 0.1) is 17.5 Å². The maximum Gasteiger partial charge on any atom is 0.166 e. The predicted octanol–water partition coefficient (Wildman–Crippen LogP) is 1.32. The Hall–Kier alpha value is -1.95. The van der Waals surface area contributed by atoms with Gasteiger partial charge >= 0.3 is 0 Å². The number of hydrogen-bond acceptors (Lipinski definition) is 6. The lowest BCUT2D eigenvalue weighted by Gasteiger charge is -2.28. The van der Waals surface area contributed by atoms with E-state index in [4.69, 9.17) is 5.73 Å². The lowest BCUT2D eigenvalue weighted by atomic mass is 9.92. The summed E-state index contributed by atoms with van der Waals surface area (Å²) in [5.74, 6) is 1.15. The van der Waals surface area contributed by atoms with Crippen LogP contribution in [0, 0.1) is 0 Å². The number of aromatic nitrogens is 3. The summed E-state index contributed by atoms with van der Waals surface area (Å²) in [7, 11) is 0. The van der Waals surface area contributed by atoms with E-state index < -0.39 is 0 Å². The van der Waals surface area contributed by atoms with Crippen molar-refractivity contribution in [1.82, 2.24) is 15.0 Å². The Balaban J connectivity index is 1.92. The SMILES string of the molecule is Nc1ccc2c(N[C@H]3CCCC[C@@H]3O)ncnc2n1. The molecule has 0 saturated heterocycles. The fraction of sp³-hybridized carbons (Fsp3) is 0.462. The Bertz CT molecular complexity index is 588. The molecule has 1 saturated carbocycles. The molecule has 19 heavy (non-hydrogen) atoms. The Labute approximate surface area is 111 Å². The van der Waals surface area contributed by atoms with E-state index in [1.165, 1.54) is 6.33 Å².